The third-order valence-electron chi connectivity index (χ3n) is 1.64. The largest absolute Gasteiger partial charge is 0.506 e. The van der Waals surface area contributed by atoms with E-state index >= 15 is 0 Å². The summed E-state index contributed by atoms with van der Waals surface area (Å²) in [6, 6.07) is 3.34. The van der Waals surface area contributed by atoms with Crippen molar-refractivity contribution in [1.29, 1.82) is 0 Å². The first-order chi connectivity index (χ1) is 5.68. The lowest BCUT2D eigenvalue weighted by Gasteiger charge is -2.00. The first-order valence-corrected chi connectivity index (χ1v) is 5.87. The highest BCUT2D eigenvalue weighted by Crippen LogP contribution is 2.39. The van der Waals surface area contributed by atoms with Gasteiger partial charge in [-0.25, -0.2) is 0 Å². The molecule has 0 saturated carbocycles. The maximum Gasteiger partial charge on any atom is 0.145 e. The molecule has 1 aromatic rings. The van der Waals surface area contributed by atoms with Crippen LogP contribution < -0.4 is 4.18 Å². The van der Waals surface area contributed by atoms with Crippen molar-refractivity contribution in [2.75, 3.05) is 0 Å². The summed E-state index contributed by atoms with van der Waals surface area (Å²) in [5, 5.41) is 9.84. The number of benzene rings is 1. The molecule has 1 aromatic carbocycles. The van der Waals surface area contributed by atoms with Gasteiger partial charge in [0.2, 0.25) is 0 Å². The van der Waals surface area contributed by atoms with Crippen LogP contribution in [-0.4, -0.2) is 5.11 Å². The third-order valence-corrected chi connectivity index (χ3v) is 3.39. The second kappa shape index (κ2) is 2.87. The average Bonchev–Trinajstić information content (AvgIpc) is 2.39. The Morgan fingerprint density at radius 2 is 2.33 bits per heavy atom. The molecule has 1 atom stereocenters. The summed E-state index contributed by atoms with van der Waals surface area (Å²) in [5.74, 6) is 1.35. The van der Waals surface area contributed by atoms with Gasteiger partial charge in [0, 0.05) is 0 Å². The average molecular weight is 221 g/mol. The van der Waals surface area contributed by atoms with E-state index in [-0.39, 0.29) is 5.75 Å². The summed E-state index contributed by atoms with van der Waals surface area (Å²) in [6.07, 6.45) is 0. The molecule has 1 N–H and O–H groups in total. The highest BCUT2D eigenvalue weighted by atomic mass is 35.5. The van der Waals surface area contributed by atoms with Crippen molar-refractivity contribution in [3.05, 3.63) is 22.7 Å². The van der Waals surface area contributed by atoms with E-state index in [1.807, 2.05) is 0 Å². The van der Waals surface area contributed by atoms with Gasteiger partial charge in [-0.3, -0.25) is 0 Å². The predicted octanol–water partition coefficient (Wildman–Crippen LogP) is 1.93. The first-order valence-electron chi connectivity index (χ1n) is 3.25. The maximum atomic E-state index is 9.48. The summed E-state index contributed by atoms with van der Waals surface area (Å²) >= 11 is 10.7. The number of hydrogen-bond acceptors (Lipinski definition) is 3. The van der Waals surface area contributed by atoms with E-state index < -0.39 is 9.74 Å². The minimum atomic E-state index is -0.523. The summed E-state index contributed by atoms with van der Waals surface area (Å²) in [4.78, 5) is 0. The molecule has 5 heteroatoms. The van der Waals surface area contributed by atoms with E-state index in [9.17, 15) is 5.11 Å². The SMILES string of the molecule is Oc1c(Cl)ccc2c1CS(=S)O2. The van der Waals surface area contributed by atoms with Crippen LogP contribution >= 0.6 is 11.6 Å². The Morgan fingerprint density at radius 1 is 1.58 bits per heavy atom. The molecule has 2 rings (SSSR count). The zero-order chi connectivity index (χ0) is 8.72. The lowest BCUT2D eigenvalue weighted by molar-refractivity contribution is 0.469. The van der Waals surface area contributed by atoms with Crippen LogP contribution in [0.5, 0.6) is 11.5 Å². The van der Waals surface area contributed by atoms with Crippen LogP contribution in [0.25, 0.3) is 0 Å². The van der Waals surface area contributed by atoms with Crippen LogP contribution in [-0.2, 0) is 26.7 Å². The molecule has 0 radical (unpaired) electrons. The van der Waals surface area contributed by atoms with Crippen LogP contribution in [0, 0.1) is 0 Å². The number of phenolic OH excluding ortho intramolecular Hbond substituents is 1. The summed E-state index contributed by atoms with van der Waals surface area (Å²) in [7, 11) is -0.523. The third kappa shape index (κ3) is 1.20. The molecule has 0 spiro atoms. The summed E-state index contributed by atoms with van der Waals surface area (Å²) in [6.45, 7) is 0. The number of fused-ring (bicyclic) bond motifs is 1. The molecule has 2 nitrogen and oxygen atoms in total. The van der Waals surface area contributed by atoms with Gasteiger partial charge >= 0.3 is 0 Å². The number of aromatic hydroxyl groups is 1. The number of rotatable bonds is 0. The molecule has 64 valence electrons. The van der Waals surface area contributed by atoms with Gasteiger partial charge in [-0.1, -0.05) is 11.6 Å². The minimum Gasteiger partial charge on any atom is -0.506 e. The van der Waals surface area contributed by atoms with Crippen molar-refractivity contribution in [1.82, 2.24) is 0 Å². The molecular weight excluding hydrogens is 216 g/mol. The van der Waals surface area contributed by atoms with E-state index in [1.54, 1.807) is 12.1 Å². The maximum absolute atomic E-state index is 9.48. The van der Waals surface area contributed by atoms with Crippen molar-refractivity contribution in [3.63, 3.8) is 0 Å². The lowest BCUT2D eigenvalue weighted by Crippen LogP contribution is -1.88. The van der Waals surface area contributed by atoms with Crippen LogP contribution in [0.15, 0.2) is 12.1 Å². The normalized spacial score (nSPS) is 20.2. The van der Waals surface area contributed by atoms with E-state index in [0.29, 0.717) is 16.5 Å². The number of halogens is 1. The van der Waals surface area contributed by atoms with Crippen molar-refractivity contribution in [3.8, 4) is 11.5 Å². The molecule has 0 fully saturated rings. The fraction of sp³-hybridized carbons (Fsp3) is 0.143. The second-order valence-corrected chi connectivity index (χ2v) is 4.99. The Kier molecular flexibility index (Phi) is 1.98. The quantitative estimate of drug-likeness (QED) is 0.725. The molecule has 12 heavy (non-hydrogen) atoms. The topological polar surface area (TPSA) is 29.5 Å². The molecule has 1 aliphatic rings. The molecule has 0 amide bonds. The van der Waals surface area contributed by atoms with Gasteiger partial charge in [0.25, 0.3) is 0 Å². The molecule has 0 bridgehead atoms. The zero-order valence-electron chi connectivity index (χ0n) is 5.91. The molecule has 1 heterocycles. The minimum absolute atomic E-state index is 0.106. The van der Waals surface area contributed by atoms with Crippen molar-refractivity contribution in [2.45, 2.75) is 5.75 Å². The molecule has 0 aliphatic carbocycles. The molecule has 1 aliphatic heterocycles. The van der Waals surface area contributed by atoms with Gasteiger partial charge in [0.05, 0.1) is 26.1 Å². The molecule has 0 aromatic heterocycles. The zero-order valence-corrected chi connectivity index (χ0v) is 8.30. The smallest absolute Gasteiger partial charge is 0.145 e. The summed E-state index contributed by atoms with van der Waals surface area (Å²) < 4.78 is 5.27. The number of phenols is 1. The fourth-order valence-electron chi connectivity index (χ4n) is 1.05. The Bertz CT molecular complexity index is 365. The Labute approximate surface area is 81.9 Å². The van der Waals surface area contributed by atoms with Crippen LogP contribution in [0.1, 0.15) is 5.56 Å². The molecular formula is C7H5ClO2S2. The van der Waals surface area contributed by atoms with Crippen molar-refractivity contribution >= 4 is 32.5 Å². The first kappa shape index (κ1) is 8.29. The molecule has 1 unspecified atom stereocenters. The lowest BCUT2D eigenvalue weighted by atomic mass is 10.2. The van der Waals surface area contributed by atoms with E-state index in [1.165, 1.54) is 0 Å². The van der Waals surface area contributed by atoms with Gasteiger partial charge in [0.15, 0.2) is 0 Å². The van der Waals surface area contributed by atoms with Gasteiger partial charge in [0.1, 0.15) is 11.5 Å². The standard InChI is InChI=1S/C7H5ClO2S2/c8-5-1-2-6-4(7(5)9)3-12(11)10-6/h1-2,9H,3H2. The van der Waals surface area contributed by atoms with Crippen LogP contribution in [0.4, 0.5) is 0 Å². The van der Waals surface area contributed by atoms with E-state index in [0.717, 1.165) is 5.56 Å². The highest BCUT2D eigenvalue weighted by molar-refractivity contribution is 8.26. The fourth-order valence-corrected chi connectivity index (χ4v) is 2.73. The molecule has 0 saturated heterocycles. The van der Waals surface area contributed by atoms with E-state index in [4.69, 9.17) is 27.0 Å². The predicted molar refractivity (Wildman–Crippen MR) is 52.2 cm³/mol. The van der Waals surface area contributed by atoms with Gasteiger partial charge in [-0.2, -0.15) is 0 Å². The summed E-state index contributed by atoms with van der Waals surface area (Å²) in [5.41, 5.74) is 0.737. The van der Waals surface area contributed by atoms with Crippen LogP contribution in [0.3, 0.4) is 0 Å². The Morgan fingerprint density at radius 3 is 3.08 bits per heavy atom. The van der Waals surface area contributed by atoms with Gasteiger partial charge < -0.3 is 9.29 Å². The van der Waals surface area contributed by atoms with Crippen LogP contribution in [0.2, 0.25) is 5.02 Å². The van der Waals surface area contributed by atoms with Gasteiger partial charge in [-0.15, -0.1) is 0 Å². The monoisotopic (exact) mass is 220 g/mol. The Hall–Kier alpha value is -0.320. The number of hydrogen-bond donors (Lipinski definition) is 1. The van der Waals surface area contributed by atoms with Gasteiger partial charge in [-0.05, 0) is 23.3 Å². The highest BCUT2D eigenvalue weighted by Gasteiger charge is 2.21. The second-order valence-electron chi connectivity index (χ2n) is 2.40. The van der Waals surface area contributed by atoms with Crippen molar-refractivity contribution in [2.24, 2.45) is 0 Å². The van der Waals surface area contributed by atoms with Crippen molar-refractivity contribution < 1.29 is 9.29 Å². The van der Waals surface area contributed by atoms with E-state index in [2.05, 4.69) is 0 Å². The Balaban J connectivity index is 2.61.